The molecule has 0 radical (unpaired) electrons. The maximum atomic E-state index is 5.89. The molecule has 1 N–H and O–H groups in total. The van der Waals surface area contributed by atoms with Gasteiger partial charge in [0.05, 0.1) is 12.2 Å². The first-order chi connectivity index (χ1) is 9.46. The molecule has 1 aliphatic heterocycles. The van der Waals surface area contributed by atoms with Gasteiger partial charge in [-0.15, -0.1) is 0 Å². The Morgan fingerprint density at radius 3 is 2.60 bits per heavy atom. The van der Waals surface area contributed by atoms with Crippen molar-refractivity contribution in [2.45, 2.75) is 45.4 Å². The van der Waals surface area contributed by atoms with Gasteiger partial charge < -0.3 is 10.1 Å². The van der Waals surface area contributed by atoms with Crippen molar-refractivity contribution >= 4 is 0 Å². The molecule has 112 valence electrons. The summed E-state index contributed by atoms with van der Waals surface area (Å²) >= 11 is 0. The molecule has 0 aliphatic carbocycles. The van der Waals surface area contributed by atoms with Gasteiger partial charge in [0.25, 0.3) is 0 Å². The standard InChI is InChI=1S/C17H28N2O/c1-14-13-19(10-11-20-17(2,3)4)16(12-18-14)15-8-6-5-7-9-15/h5-9,14,16,18H,10-13H2,1-4H3. The summed E-state index contributed by atoms with van der Waals surface area (Å²) < 4.78 is 5.89. The molecular formula is C17H28N2O. The van der Waals surface area contributed by atoms with Gasteiger partial charge in [-0.25, -0.2) is 0 Å². The zero-order chi connectivity index (χ0) is 14.6. The van der Waals surface area contributed by atoms with Crippen molar-refractivity contribution in [3.05, 3.63) is 35.9 Å². The van der Waals surface area contributed by atoms with Gasteiger partial charge in [-0.3, -0.25) is 4.90 Å². The zero-order valence-electron chi connectivity index (χ0n) is 13.2. The number of benzene rings is 1. The van der Waals surface area contributed by atoms with E-state index in [4.69, 9.17) is 4.74 Å². The van der Waals surface area contributed by atoms with Crippen LogP contribution in [0.1, 0.15) is 39.3 Å². The van der Waals surface area contributed by atoms with Crippen LogP contribution in [0.3, 0.4) is 0 Å². The van der Waals surface area contributed by atoms with Gasteiger partial charge in [-0.2, -0.15) is 0 Å². The van der Waals surface area contributed by atoms with Crippen molar-refractivity contribution in [1.29, 1.82) is 0 Å². The molecule has 0 aromatic heterocycles. The molecule has 1 aromatic rings. The number of nitrogens with one attached hydrogen (secondary N) is 1. The molecule has 1 aromatic carbocycles. The second-order valence-corrected chi connectivity index (χ2v) is 6.69. The molecule has 0 spiro atoms. The smallest absolute Gasteiger partial charge is 0.0600 e. The number of nitrogens with zero attached hydrogens (tertiary/aromatic N) is 1. The first kappa shape index (κ1) is 15.5. The average molecular weight is 276 g/mol. The van der Waals surface area contributed by atoms with Crippen molar-refractivity contribution in [3.8, 4) is 0 Å². The molecule has 20 heavy (non-hydrogen) atoms. The third kappa shape index (κ3) is 4.58. The average Bonchev–Trinajstić information content (AvgIpc) is 2.38. The van der Waals surface area contributed by atoms with Crippen molar-refractivity contribution in [1.82, 2.24) is 10.2 Å². The topological polar surface area (TPSA) is 24.5 Å². The quantitative estimate of drug-likeness (QED) is 0.915. The predicted molar refractivity (Wildman–Crippen MR) is 83.9 cm³/mol. The first-order valence-electron chi connectivity index (χ1n) is 7.62. The number of ether oxygens (including phenoxy) is 1. The number of hydrogen-bond acceptors (Lipinski definition) is 3. The van der Waals surface area contributed by atoms with Crippen LogP contribution in [0.2, 0.25) is 0 Å². The lowest BCUT2D eigenvalue weighted by molar-refractivity contribution is -0.0220. The van der Waals surface area contributed by atoms with Crippen molar-refractivity contribution in [2.75, 3.05) is 26.2 Å². The molecule has 3 nitrogen and oxygen atoms in total. The van der Waals surface area contributed by atoms with Gasteiger partial charge in [0, 0.05) is 31.7 Å². The van der Waals surface area contributed by atoms with E-state index in [9.17, 15) is 0 Å². The van der Waals surface area contributed by atoms with E-state index in [1.54, 1.807) is 0 Å². The highest BCUT2D eigenvalue weighted by Gasteiger charge is 2.26. The van der Waals surface area contributed by atoms with Crippen LogP contribution in [0.15, 0.2) is 30.3 Å². The first-order valence-corrected chi connectivity index (χ1v) is 7.62. The second kappa shape index (κ2) is 6.70. The van der Waals surface area contributed by atoms with E-state index < -0.39 is 0 Å². The highest BCUT2D eigenvalue weighted by molar-refractivity contribution is 5.20. The number of hydrogen-bond donors (Lipinski definition) is 1. The lowest BCUT2D eigenvalue weighted by atomic mass is 10.0. The molecule has 2 unspecified atom stereocenters. The van der Waals surface area contributed by atoms with Gasteiger partial charge in [-0.1, -0.05) is 30.3 Å². The van der Waals surface area contributed by atoms with Crippen molar-refractivity contribution < 1.29 is 4.74 Å². The Labute approximate surface area is 123 Å². The highest BCUT2D eigenvalue weighted by atomic mass is 16.5. The Morgan fingerprint density at radius 2 is 1.95 bits per heavy atom. The molecule has 1 aliphatic rings. The maximum absolute atomic E-state index is 5.89. The normalized spacial score (nSPS) is 24.8. The van der Waals surface area contributed by atoms with Gasteiger partial charge in [0.1, 0.15) is 0 Å². The second-order valence-electron chi connectivity index (χ2n) is 6.69. The molecule has 3 heteroatoms. The third-order valence-electron chi connectivity index (χ3n) is 3.71. The zero-order valence-corrected chi connectivity index (χ0v) is 13.2. The molecule has 1 fully saturated rings. The molecular weight excluding hydrogens is 248 g/mol. The summed E-state index contributed by atoms with van der Waals surface area (Å²) in [6.07, 6.45) is 0. The summed E-state index contributed by atoms with van der Waals surface area (Å²) in [4.78, 5) is 2.54. The summed E-state index contributed by atoms with van der Waals surface area (Å²) in [6, 6.07) is 11.8. The predicted octanol–water partition coefficient (Wildman–Crippen LogP) is 2.84. The minimum absolute atomic E-state index is 0.0537. The van der Waals surface area contributed by atoms with E-state index in [-0.39, 0.29) is 5.60 Å². The summed E-state index contributed by atoms with van der Waals surface area (Å²) in [7, 11) is 0. The van der Waals surface area contributed by atoms with E-state index in [0.717, 1.165) is 26.2 Å². The van der Waals surface area contributed by atoms with Crippen LogP contribution in [-0.4, -0.2) is 42.8 Å². The fraction of sp³-hybridized carbons (Fsp3) is 0.647. The van der Waals surface area contributed by atoms with Crippen LogP contribution in [0.5, 0.6) is 0 Å². The van der Waals surface area contributed by atoms with E-state index in [0.29, 0.717) is 12.1 Å². The Morgan fingerprint density at radius 1 is 1.25 bits per heavy atom. The van der Waals surface area contributed by atoms with Crippen molar-refractivity contribution in [2.24, 2.45) is 0 Å². The Kier molecular flexibility index (Phi) is 5.19. The molecule has 2 rings (SSSR count). The monoisotopic (exact) mass is 276 g/mol. The van der Waals surface area contributed by atoms with E-state index in [2.05, 4.69) is 68.2 Å². The minimum Gasteiger partial charge on any atom is -0.375 e. The van der Waals surface area contributed by atoms with Crippen LogP contribution in [0.25, 0.3) is 0 Å². The molecule has 0 amide bonds. The lowest BCUT2D eigenvalue weighted by Gasteiger charge is -2.40. The summed E-state index contributed by atoms with van der Waals surface area (Å²) in [5.74, 6) is 0. The van der Waals surface area contributed by atoms with Crippen LogP contribution in [0.4, 0.5) is 0 Å². The van der Waals surface area contributed by atoms with E-state index >= 15 is 0 Å². The molecule has 0 saturated carbocycles. The number of piperazine rings is 1. The summed E-state index contributed by atoms with van der Waals surface area (Å²) in [5.41, 5.74) is 1.34. The fourth-order valence-electron chi connectivity index (χ4n) is 2.71. The van der Waals surface area contributed by atoms with E-state index in [1.807, 2.05) is 0 Å². The SMILES string of the molecule is CC1CN(CCOC(C)(C)C)C(c2ccccc2)CN1. The van der Waals surface area contributed by atoms with Gasteiger partial charge in [-0.05, 0) is 33.3 Å². The largest absolute Gasteiger partial charge is 0.375 e. The molecule has 0 bridgehead atoms. The summed E-state index contributed by atoms with van der Waals surface area (Å²) in [5, 5.41) is 3.58. The summed E-state index contributed by atoms with van der Waals surface area (Å²) in [6.45, 7) is 12.5. The number of rotatable bonds is 4. The lowest BCUT2D eigenvalue weighted by Crippen LogP contribution is -2.52. The third-order valence-corrected chi connectivity index (χ3v) is 3.71. The van der Waals surface area contributed by atoms with Crippen LogP contribution in [-0.2, 0) is 4.74 Å². The Balaban J connectivity index is 1.98. The molecule has 1 heterocycles. The fourth-order valence-corrected chi connectivity index (χ4v) is 2.71. The molecule has 1 saturated heterocycles. The van der Waals surface area contributed by atoms with Crippen LogP contribution in [0, 0.1) is 0 Å². The van der Waals surface area contributed by atoms with E-state index in [1.165, 1.54) is 5.56 Å². The van der Waals surface area contributed by atoms with Gasteiger partial charge in [0.15, 0.2) is 0 Å². The van der Waals surface area contributed by atoms with Gasteiger partial charge >= 0.3 is 0 Å². The minimum atomic E-state index is -0.0537. The molecule has 2 atom stereocenters. The van der Waals surface area contributed by atoms with Gasteiger partial charge in [0.2, 0.25) is 0 Å². The van der Waals surface area contributed by atoms with Crippen molar-refractivity contribution in [3.63, 3.8) is 0 Å². The van der Waals surface area contributed by atoms with Crippen LogP contribution >= 0.6 is 0 Å². The highest BCUT2D eigenvalue weighted by Crippen LogP contribution is 2.23. The Bertz CT molecular complexity index is 399. The Hall–Kier alpha value is -0.900. The maximum Gasteiger partial charge on any atom is 0.0600 e. The van der Waals surface area contributed by atoms with Crippen LogP contribution < -0.4 is 5.32 Å².